The Morgan fingerprint density at radius 3 is 2.70 bits per heavy atom. The fourth-order valence-electron chi connectivity index (χ4n) is 4.05. The Hall–Kier alpha value is -3.54. The molecular weight excluding hydrogens is 378 g/mol. The van der Waals surface area contributed by atoms with Crippen molar-refractivity contribution < 1.29 is 14.2 Å². The van der Waals surface area contributed by atoms with Crippen LogP contribution < -0.4 is 14.2 Å². The van der Waals surface area contributed by atoms with Crippen molar-refractivity contribution in [2.45, 2.75) is 25.6 Å². The number of nitrogens with zero attached hydrogens (tertiary/aromatic N) is 3. The van der Waals surface area contributed by atoms with Crippen LogP contribution in [0.4, 0.5) is 0 Å². The molecule has 2 aliphatic heterocycles. The Bertz CT molecular complexity index is 1070. The Kier molecular flexibility index (Phi) is 4.75. The maximum absolute atomic E-state index is 6.51. The minimum absolute atomic E-state index is 0.0662. The molecule has 6 nitrogen and oxygen atoms in total. The van der Waals surface area contributed by atoms with Gasteiger partial charge in [-0.25, -0.2) is 5.01 Å². The van der Waals surface area contributed by atoms with Crippen LogP contribution in [-0.2, 0) is 0 Å². The highest BCUT2D eigenvalue weighted by Crippen LogP contribution is 2.50. The van der Waals surface area contributed by atoms with E-state index in [1.165, 1.54) is 0 Å². The number of para-hydroxylation sites is 1. The molecule has 0 N–H and O–H groups in total. The summed E-state index contributed by atoms with van der Waals surface area (Å²) in [5.74, 6) is 2.37. The van der Waals surface area contributed by atoms with Crippen molar-refractivity contribution in [2.75, 3.05) is 13.7 Å². The predicted octanol–water partition coefficient (Wildman–Crippen LogP) is 4.73. The molecule has 1 aromatic heterocycles. The molecule has 0 saturated heterocycles. The summed E-state index contributed by atoms with van der Waals surface area (Å²) in [7, 11) is 1.66. The molecule has 0 unspecified atom stereocenters. The predicted molar refractivity (Wildman–Crippen MR) is 114 cm³/mol. The zero-order valence-corrected chi connectivity index (χ0v) is 17.0. The quantitative estimate of drug-likeness (QED) is 0.619. The summed E-state index contributed by atoms with van der Waals surface area (Å²) in [5.41, 5.74) is 4.13. The van der Waals surface area contributed by atoms with Gasteiger partial charge in [-0.2, -0.15) is 5.10 Å². The normalized spacial score (nSPS) is 19.4. The number of benzene rings is 2. The van der Waals surface area contributed by atoms with Gasteiger partial charge in [-0.15, -0.1) is 0 Å². The van der Waals surface area contributed by atoms with Crippen molar-refractivity contribution in [3.8, 4) is 17.2 Å². The number of aromatic nitrogens is 1. The topological polar surface area (TPSA) is 56.2 Å². The van der Waals surface area contributed by atoms with Gasteiger partial charge in [-0.05, 0) is 43.3 Å². The number of rotatable bonds is 5. The lowest BCUT2D eigenvalue weighted by Gasteiger charge is -2.38. The van der Waals surface area contributed by atoms with Gasteiger partial charge >= 0.3 is 0 Å². The molecule has 6 heteroatoms. The molecule has 5 rings (SSSR count). The van der Waals surface area contributed by atoms with Crippen LogP contribution >= 0.6 is 0 Å². The molecule has 30 heavy (non-hydrogen) atoms. The Balaban J connectivity index is 1.60. The van der Waals surface area contributed by atoms with Crippen LogP contribution in [0.25, 0.3) is 0 Å². The zero-order valence-electron chi connectivity index (χ0n) is 17.0. The minimum Gasteiger partial charge on any atom is -0.497 e. The Morgan fingerprint density at radius 1 is 1.10 bits per heavy atom. The molecule has 0 spiro atoms. The van der Waals surface area contributed by atoms with Gasteiger partial charge in [0.15, 0.2) is 11.5 Å². The van der Waals surface area contributed by atoms with Gasteiger partial charge in [0, 0.05) is 35.5 Å². The van der Waals surface area contributed by atoms with Gasteiger partial charge in [0.05, 0.1) is 25.5 Å². The Labute approximate surface area is 175 Å². The van der Waals surface area contributed by atoms with Crippen molar-refractivity contribution >= 4 is 5.71 Å². The number of fused-ring (bicyclic) bond motifs is 3. The second-order valence-electron chi connectivity index (χ2n) is 7.24. The van der Waals surface area contributed by atoms with E-state index in [1.807, 2.05) is 61.7 Å². The van der Waals surface area contributed by atoms with E-state index < -0.39 is 0 Å². The standard InChI is InChI=1S/C24H23N3O3/c1-3-29-22-8-4-7-19-21-14-20(17-6-5-13-25-15-17)26-27(21)24(30-23(19)22)16-9-11-18(28-2)12-10-16/h4-13,15,21,24H,3,14H2,1-2H3/t21-,24+/m0/s1. The summed E-state index contributed by atoms with van der Waals surface area (Å²) in [6.45, 7) is 2.56. The van der Waals surface area contributed by atoms with Crippen LogP contribution in [0, 0.1) is 0 Å². The van der Waals surface area contributed by atoms with E-state index in [4.69, 9.17) is 19.3 Å². The molecule has 2 aliphatic rings. The van der Waals surface area contributed by atoms with Crippen LogP contribution in [0.1, 0.15) is 42.3 Å². The molecule has 0 radical (unpaired) electrons. The maximum Gasteiger partial charge on any atom is 0.214 e. The third-order valence-corrected chi connectivity index (χ3v) is 5.48. The fourth-order valence-corrected chi connectivity index (χ4v) is 4.05. The van der Waals surface area contributed by atoms with Gasteiger partial charge < -0.3 is 14.2 Å². The first kappa shape index (κ1) is 18.5. The van der Waals surface area contributed by atoms with Crippen molar-refractivity contribution in [2.24, 2.45) is 5.10 Å². The van der Waals surface area contributed by atoms with Crippen LogP contribution in [-0.4, -0.2) is 29.4 Å². The highest BCUT2D eigenvalue weighted by atomic mass is 16.5. The van der Waals surface area contributed by atoms with Gasteiger partial charge in [-0.3, -0.25) is 4.98 Å². The average Bonchev–Trinajstić information content (AvgIpc) is 3.26. The average molecular weight is 401 g/mol. The number of hydrazone groups is 1. The van der Waals surface area contributed by atoms with E-state index in [1.54, 1.807) is 13.3 Å². The van der Waals surface area contributed by atoms with Crippen molar-refractivity contribution in [1.29, 1.82) is 0 Å². The van der Waals surface area contributed by atoms with Crippen LogP contribution in [0.15, 0.2) is 72.1 Å². The summed E-state index contributed by atoms with van der Waals surface area (Å²) in [6.07, 6.45) is 4.06. The van der Waals surface area contributed by atoms with Crippen molar-refractivity contribution in [3.05, 3.63) is 83.7 Å². The molecule has 0 fully saturated rings. The first-order valence-corrected chi connectivity index (χ1v) is 10.1. The lowest BCUT2D eigenvalue weighted by Crippen LogP contribution is -2.33. The lowest BCUT2D eigenvalue weighted by molar-refractivity contribution is -0.0212. The van der Waals surface area contributed by atoms with E-state index in [-0.39, 0.29) is 12.3 Å². The summed E-state index contributed by atoms with van der Waals surface area (Å²) in [4.78, 5) is 4.26. The summed E-state index contributed by atoms with van der Waals surface area (Å²) < 4.78 is 17.7. The molecule has 0 saturated carbocycles. The van der Waals surface area contributed by atoms with E-state index in [2.05, 4.69) is 16.1 Å². The maximum atomic E-state index is 6.51. The molecule has 0 bridgehead atoms. The smallest absolute Gasteiger partial charge is 0.214 e. The summed E-state index contributed by atoms with van der Waals surface area (Å²) in [6, 6.07) is 18.1. The Morgan fingerprint density at radius 2 is 1.97 bits per heavy atom. The first-order valence-electron chi connectivity index (χ1n) is 10.1. The monoisotopic (exact) mass is 401 g/mol. The van der Waals surface area contributed by atoms with Crippen molar-refractivity contribution in [3.63, 3.8) is 0 Å². The third-order valence-electron chi connectivity index (χ3n) is 5.48. The number of hydrogen-bond donors (Lipinski definition) is 0. The molecule has 2 aromatic carbocycles. The lowest BCUT2D eigenvalue weighted by atomic mass is 9.96. The van der Waals surface area contributed by atoms with E-state index >= 15 is 0 Å². The van der Waals surface area contributed by atoms with Gasteiger partial charge in [0.25, 0.3) is 0 Å². The molecule has 0 aliphatic carbocycles. The molecule has 3 aromatic rings. The fraction of sp³-hybridized carbons (Fsp3) is 0.250. The van der Waals surface area contributed by atoms with Gasteiger partial charge in [0.2, 0.25) is 6.23 Å². The van der Waals surface area contributed by atoms with Gasteiger partial charge in [-0.1, -0.05) is 18.2 Å². The minimum atomic E-state index is -0.357. The number of hydrogen-bond acceptors (Lipinski definition) is 6. The van der Waals surface area contributed by atoms with Crippen LogP contribution in [0.5, 0.6) is 17.2 Å². The number of methoxy groups -OCH3 is 1. The number of ether oxygens (including phenoxy) is 3. The summed E-state index contributed by atoms with van der Waals surface area (Å²) >= 11 is 0. The molecule has 2 atom stereocenters. The zero-order chi connectivity index (χ0) is 20.5. The largest absolute Gasteiger partial charge is 0.497 e. The third kappa shape index (κ3) is 3.14. The van der Waals surface area contributed by atoms with E-state index in [0.717, 1.165) is 46.1 Å². The van der Waals surface area contributed by atoms with Gasteiger partial charge in [0.1, 0.15) is 5.75 Å². The highest BCUT2D eigenvalue weighted by molar-refractivity contribution is 6.01. The van der Waals surface area contributed by atoms with Crippen LogP contribution in [0.2, 0.25) is 0 Å². The molecule has 152 valence electrons. The second kappa shape index (κ2) is 7.71. The molecule has 0 amide bonds. The molecule has 3 heterocycles. The SMILES string of the molecule is CCOc1cccc2c1O[C@H](c1ccc(OC)cc1)N1N=C(c3cccnc3)C[C@@H]21. The van der Waals surface area contributed by atoms with Crippen molar-refractivity contribution in [1.82, 2.24) is 9.99 Å². The summed E-state index contributed by atoms with van der Waals surface area (Å²) in [5, 5.41) is 7.03. The highest BCUT2D eigenvalue weighted by Gasteiger charge is 2.42. The first-order chi connectivity index (χ1) is 14.8. The number of pyridine rings is 1. The molecular formula is C24H23N3O3. The van der Waals surface area contributed by atoms with E-state index in [0.29, 0.717) is 6.61 Å². The second-order valence-corrected chi connectivity index (χ2v) is 7.24. The van der Waals surface area contributed by atoms with E-state index in [9.17, 15) is 0 Å². The van der Waals surface area contributed by atoms with Crippen LogP contribution in [0.3, 0.4) is 0 Å².